The van der Waals surface area contributed by atoms with E-state index in [4.69, 9.17) is 0 Å². The molecular weight excluding hydrogens is 158 g/mol. The van der Waals surface area contributed by atoms with Gasteiger partial charge in [0.25, 0.3) is 0 Å². The number of alkyl carbamates (subject to hydrolysis) is 1. The molecule has 0 aliphatic heterocycles. The molecule has 0 aromatic carbocycles. The SMILES string of the molecule is CCOC(=O)NCCC(=O)CC. The summed E-state index contributed by atoms with van der Waals surface area (Å²) in [5.74, 6) is 0.145. The topological polar surface area (TPSA) is 55.4 Å². The zero-order valence-electron chi connectivity index (χ0n) is 7.55. The first-order valence-corrected chi connectivity index (χ1v) is 4.13. The summed E-state index contributed by atoms with van der Waals surface area (Å²) < 4.78 is 4.60. The Bertz CT molecular complexity index is 156. The molecule has 1 N–H and O–H groups in total. The van der Waals surface area contributed by atoms with E-state index in [1.165, 1.54) is 0 Å². The second-order valence-corrected chi connectivity index (χ2v) is 2.29. The number of carbonyl (C=O) groups is 2. The molecule has 0 unspecified atom stereocenters. The molecule has 0 heterocycles. The molecule has 70 valence electrons. The van der Waals surface area contributed by atoms with E-state index in [0.29, 0.717) is 26.0 Å². The van der Waals surface area contributed by atoms with Gasteiger partial charge in [-0.25, -0.2) is 4.79 Å². The molecule has 1 amide bonds. The largest absolute Gasteiger partial charge is 0.450 e. The van der Waals surface area contributed by atoms with Gasteiger partial charge in [-0.2, -0.15) is 0 Å². The van der Waals surface area contributed by atoms with E-state index in [1.54, 1.807) is 13.8 Å². The number of Topliss-reactive ketones (excluding diaryl/α,β-unsaturated/α-hetero) is 1. The normalized spacial score (nSPS) is 9.17. The average Bonchev–Trinajstić information content (AvgIpc) is 2.04. The van der Waals surface area contributed by atoms with Crippen LogP contribution in [0.25, 0.3) is 0 Å². The van der Waals surface area contributed by atoms with E-state index in [-0.39, 0.29) is 5.78 Å². The van der Waals surface area contributed by atoms with Crippen LogP contribution in [0.1, 0.15) is 26.7 Å². The summed E-state index contributed by atoms with van der Waals surface area (Å²) in [6.45, 7) is 4.25. The Hall–Kier alpha value is -1.06. The van der Waals surface area contributed by atoms with Crippen LogP contribution in [-0.2, 0) is 9.53 Å². The fraction of sp³-hybridized carbons (Fsp3) is 0.750. The summed E-state index contributed by atoms with van der Waals surface area (Å²) in [6, 6.07) is 0. The molecule has 0 spiro atoms. The Labute approximate surface area is 72.3 Å². The molecule has 0 aliphatic rings. The van der Waals surface area contributed by atoms with Gasteiger partial charge in [0.2, 0.25) is 0 Å². The van der Waals surface area contributed by atoms with E-state index in [2.05, 4.69) is 10.1 Å². The summed E-state index contributed by atoms with van der Waals surface area (Å²) in [5, 5.41) is 2.47. The lowest BCUT2D eigenvalue weighted by Gasteiger charge is -2.03. The molecule has 4 nitrogen and oxygen atoms in total. The Morgan fingerprint density at radius 1 is 1.33 bits per heavy atom. The highest BCUT2D eigenvalue weighted by atomic mass is 16.5. The number of hydrogen-bond donors (Lipinski definition) is 1. The molecule has 0 saturated heterocycles. The predicted octanol–water partition coefficient (Wildman–Crippen LogP) is 1.10. The van der Waals surface area contributed by atoms with Crippen molar-refractivity contribution in [3.63, 3.8) is 0 Å². The summed E-state index contributed by atoms with van der Waals surface area (Å²) in [7, 11) is 0. The van der Waals surface area contributed by atoms with Crippen molar-refractivity contribution < 1.29 is 14.3 Å². The number of amides is 1. The molecule has 0 atom stereocenters. The standard InChI is InChI=1S/C8H15NO3/c1-3-7(10)5-6-9-8(11)12-4-2/h3-6H2,1-2H3,(H,9,11). The van der Waals surface area contributed by atoms with Crippen LogP contribution in [0.2, 0.25) is 0 Å². The highest BCUT2D eigenvalue weighted by molar-refractivity contribution is 5.78. The van der Waals surface area contributed by atoms with Gasteiger partial charge in [0.1, 0.15) is 5.78 Å². The van der Waals surface area contributed by atoms with Gasteiger partial charge in [-0.1, -0.05) is 6.92 Å². The maximum Gasteiger partial charge on any atom is 0.407 e. The minimum atomic E-state index is -0.457. The average molecular weight is 173 g/mol. The fourth-order valence-corrected chi connectivity index (χ4v) is 0.663. The first kappa shape index (κ1) is 10.9. The number of ether oxygens (including phenoxy) is 1. The monoisotopic (exact) mass is 173 g/mol. The summed E-state index contributed by atoms with van der Waals surface area (Å²) in [4.78, 5) is 21.4. The minimum Gasteiger partial charge on any atom is -0.450 e. The molecule has 0 rings (SSSR count). The van der Waals surface area contributed by atoms with E-state index in [9.17, 15) is 9.59 Å². The number of hydrogen-bond acceptors (Lipinski definition) is 3. The third-order valence-corrected chi connectivity index (χ3v) is 1.34. The second-order valence-electron chi connectivity index (χ2n) is 2.29. The van der Waals surface area contributed by atoms with E-state index < -0.39 is 6.09 Å². The van der Waals surface area contributed by atoms with Crippen LogP contribution in [0, 0.1) is 0 Å². The maximum absolute atomic E-state index is 10.8. The molecule has 0 saturated carbocycles. The number of carbonyl (C=O) groups excluding carboxylic acids is 2. The van der Waals surface area contributed by atoms with Gasteiger partial charge in [0.05, 0.1) is 6.61 Å². The second kappa shape index (κ2) is 6.64. The Morgan fingerprint density at radius 2 is 2.00 bits per heavy atom. The van der Waals surface area contributed by atoms with E-state index in [1.807, 2.05) is 0 Å². The highest BCUT2D eigenvalue weighted by Gasteiger charge is 2.01. The first-order chi connectivity index (χ1) is 5.70. The molecular formula is C8H15NO3. The number of rotatable bonds is 5. The lowest BCUT2D eigenvalue weighted by molar-refractivity contribution is -0.118. The van der Waals surface area contributed by atoms with Crippen LogP contribution < -0.4 is 5.32 Å². The van der Waals surface area contributed by atoms with Crippen molar-refractivity contribution in [1.82, 2.24) is 5.32 Å². The van der Waals surface area contributed by atoms with Crippen molar-refractivity contribution >= 4 is 11.9 Å². The van der Waals surface area contributed by atoms with Crippen molar-refractivity contribution in [2.24, 2.45) is 0 Å². The van der Waals surface area contributed by atoms with Crippen LogP contribution in [0.5, 0.6) is 0 Å². The Morgan fingerprint density at radius 3 is 2.50 bits per heavy atom. The van der Waals surface area contributed by atoms with Crippen LogP contribution in [0.15, 0.2) is 0 Å². The summed E-state index contributed by atoms with van der Waals surface area (Å²) in [5.41, 5.74) is 0. The van der Waals surface area contributed by atoms with Crippen molar-refractivity contribution in [3.05, 3.63) is 0 Å². The fourth-order valence-electron chi connectivity index (χ4n) is 0.663. The predicted molar refractivity (Wildman–Crippen MR) is 44.9 cm³/mol. The van der Waals surface area contributed by atoms with Crippen molar-refractivity contribution in [1.29, 1.82) is 0 Å². The molecule has 0 aromatic rings. The number of ketones is 1. The van der Waals surface area contributed by atoms with Crippen LogP contribution in [0.4, 0.5) is 4.79 Å². The lowest BCUT2D eigenvalue weighted by atomic mass is 10.2. The van der Waals surface area contributed by atoms with Crippen molar-refractivity contribution in [3.8, 4) is 0 Å². The maximum atomic E-state index is 10.8. The van der Waals surface area contributed by atoms with Crippen LogP contribution in [0.3, 0.4) is 0 Å². The van der Waals surface area contributed by atoms with Gasteiger partial charge in [-0.15, -0.1) is 0 Å². The zero-order valence-corrected chi connectivity index (χ0v) is 7.55. The van der Waals surface area contributed by atoms with Gasteiger partial charge < -0.3 is 10.1 Å². The smallest absolute Gasteiger partial charge is 0.407 e. The third-order valence-electron chi connectivity index (χ3n) is 1.34. The lowest BCUT2D eigenvalue weighted by Crippen LogP contribution is -2.26. The van der Waals surface area contributed by atoms with E-state index >= 15 is 0 Å². The van der Waals surface area contributed by atoms with E-state index in [0.717, 1.165) is 0 Å². The summed E-state index contributed by atoms with van der Waals surface area (Å²) in [6.07, 6.45) is 0.446. The Kier molecular flexibility index (Phi) is 6.05. The van der Waals surface area contributed by atoms with Gasteiger partial charge in [-0.05, 0) is 6.92 Å². The molecule has 0 bridgehead atoms. The first-order valence-electron chi connectivity index (χ1n) is 4.13. The van der Waals surface area contributed by atoms with Gasteiger partial charge in [0, 0.05) is 19.4 Å². The van der Waals surface area contributed by atoms with Crippen LogP contribution in [-0.4, -0.2) is 25.0 Å². The molecule has 4 heteroatoms. The van der Waals surface area contributed by atoms with Gasteiger partial charge >= 0.3 is 6.09 Å². The molecule has 0 radical (unpaired) electrons. The quantitative estimate of drug-likeness (QED) is 0.677. The molecule has 0 fully saturated rings. The van der Waals surface area contributed by atoms with Gasteiger partial charge in [-0.3, -0.25) is 4.79 Å². The minimum absolute atomic E-state index is 0.145. The van der Waals surface area contributed by atoms with Crippen molar-refractivity contribution in [2.75, 3.05) is 13.2 Å². The van der Waals surface area contributed by atoms with Crippen molar-refractivity contribution in [2.45, 2.75) is 26.7 Å². The number of nitrogens with one attached hydrogen (secondary N) is 1. The molecule has 12 heavy (non-hydrogen) atoms. The van der Waals surface area contributed by atoms with Gasteiger partial charge in [0.15, 0.2) is 0 Å². The Balaban J connectivity index is 3.30. The third kappa shape index (κ3) is 5.70. The zero-order chi connectivity index (χ0) is 9.40. The summed E-state index contributed by atoms with van der Waals surface area (Å²) >= 11 is 0. The highest BCUT2D eigenvalue weighted by Crippen LogP contribution is 1.86. The molecule has 0 aliphatic carbocycles. The molecule has 0 aromatic heterocycles. The van der Waals surface area contributed by atoms with Crippen LogP contribution >= 0.6 is 0 Å².